The summed E-state index contributed by atoms with van der Waals surface area (Å²) in [7, 11) is -3.06. The maximum atomic E-state index is 14.1. The van der Waals surface area contributed by atoms with Crippen LogP contribution in [0.4, 0.5) is 18.9 Å². The molecule has 0 aromatic heterocycles. The summed E-state index contributed by atoms with van der Waals surface area (Å²) in [5.74, 6) is -0.628. The number of nitrogens with one attached hydrogen (secondary N) is 1. The zero-order chi connectivity index (χ0) is 33.6. The first-order valence-electron chi connectivity index (χ1n) is 14.9. The van der Waals surface area contributed by atoms with E-state index >= 15 is 0 Å². The Bertz CT molecular complexity index is 1630. The quantitative estimate of drug-likeness (QED) is 0.242. The van der Waals surface area contributed by atoms with Gasteiger partial charge in [0.05, 0.1) is 28.3 Å². The molecule has 1 N–H and O–H groups in total. The number of benzene rings is 3. The van der Waals surface area contributed by atoms with Gasteiger partial charge in [0.1, 0.15) is 18.3 Å². The van der Waals surface area contributed by atoms with Crippen LogP contribution in [0.2, 0.25) is 5.02 Å². The highest BCUT2D eigenvalue weighted by molar-refractivity contribution is 7.92. The van der Waals surface area contributed by atoms with Gasteiger partial charge in [-0.2, -0.15) is 13.2 Å². The van der Waals surface area contributed by atoms with Crippen LogP contribution in [0, 0.1) is 6.92 Å². The van der Waals surface area contributed by atoms with E-state index in [4.69, 9.17) is 16.3 Å². The van der Waals surface area contributed by atoms with Gasteiger partial charge in [0.2, 0.25) is 11.8 Å². The summed E-state index contributed by atoms with van der Waals surface area (Å²) in [6, 6.07) is 14.1. The molecule has 1 aliphatic rings. The first-order chi connectivity index (χ1) is 21.7. The number of nitrogens with zero attached hydrogens (tertiary/aromatic N) is 2. The molecule has 0 radical (unpaired) electrons. The van der Waals surface area contributed by atoms with Crippen molar-refractivity contribution < 1.29 is 35.9 Å². The third-order valence-corrected chi connectivity index (χ3v) is 10.2. The molecule has 2 amide bonds. The summed E-state index contributed by atoms with van der Waals surface area (Å²) < 4.78 is 75.4. The molecule has 3 aromatic rings. The Hall–Kier alpha value is -3.77. The first-order valence-corrected chi connectivity index (χ1v) is 16.7. The molecule has 1 atom stereocenters. The smallest absolute Gasteiger partial charge is 0.417 e. The number of carbonyl (C=O) groups is 2. The number of hydrogen-bond donors (Lipinski definition) is 1. The number of methoxy groups -OCH3 is 1. The van der Waals surface area contributed by atoms with Crippen molar-refractivity contribution in [3.05, 3.63) is 88.4 Å². The second kappa shape index (κ2) is 14.8. The van der Waals surface area contributed by atoms with Crippen molar-refractivity contribution >= 4 is 39.1 Å². The van der Waals surface area contributed by atoms with Gasteiger partial charge >= 0.3 is 6.18 Å². The van der Waals surface area contributed by atoms with Crippen LogP contribution in [0.3, 0.4) is 0 Å². The number of amides is 2. The van der Waals surface area contributed by atoms with Crippen LogP contribution in [0.15, 0.2) is 71.6 Å². The Morgan fingerprint density at radius 1 is 1.00 bits per heavy atom. The lowest BCUT2D eigenvalue weighted by molar-refractivity contribution is -0.139. The van der Waals surface area contributed by atoms with Gasteiger partial charge in [-0.1, -0.05) is 60.7 Å². The fourth-order valence-corrected chi connectivity index (χ4v) is 6.96. The molecular weight excluding hydrogens is 643 g/mol. The van der Waals surface area contributed by atoms with Gasteiger partial charge in [-0.15, -0.1) is 0 Å². The van der Waals surface area contributed by atoms with Crippen molar-refractivity contribution in [1.29, 1.82) is 0 Å². The Labute approximate surface area is 272 Å². The number of halogens is 4. The van der Waals surface area contributed by atoms with Crippen molar-refractivity contribution in [1.82, 2.24) is 10.2 Å². The monoisotopic (exact) mass is 679 g/mol. The molecule has 0 saturated heterocycles. The van der Waals surface area contributed by atoms with Crippen LogP contribution in [0.5, 0.6) is 5.75 Å². The summed E-state index contributed by atoms with van der Waals surface area (Å²) in [5.41, 5.74) is -0.269. The van der Waals surface area contributed by atoms with Gasteiger partial charge < -0.3 is 15.0 Å². The highest BCUT2D eigenvalue weighted by Crippen LogP contribution is 2.38. The molecule has 1 saturated carbocycles. The molecule has 0 bridgehead atoms. The van der Waals surface area contributed by atoms with E-state index in [9.17, 15) is 31.2 Å². The van der Waals surface area contributed by atoms with E-state index in [1.807, 2.05) is 0 Å². The fraction of sp³-hybridized carbons (Fsp3) is 0.394. The summed E-state index contributed by atoms with van der Waals surface area (Å²) in [6.07, 6.45) is -0.239. The largest absolute Gasteiger partial charge is 0.497 e. The van der Waals surface area contributed by atoms with Gasteiger partial charge in [0.25, 0.3) is 10.0 Å². The predicted octanol–water partition coefficient (Wildman–Crippen LogP) is 6.74. The Morgan fingerprint density at radius 3 is 2.22 bits per heavy atom. The molecule has 46 heavy (non-hydrogen) atoms. The maximum Gasteiger partial charge on any atom is 0.417 e. The average Bonchev–Trinajstić information content (AvgIpc) is 3.02. The Morgan fingerprint density at radius 2 is 1.63 bits per heavy atom. The third-order valence-electron chi connectivity index (χ3n) is 8.06. The minimum atomic E-state index is -4.89. The van der Waals surface area contributed by atoms with E-state index in [0.717, 1.165) is 49.8 Å². The van der Waals surface area contributed by atoms with Crippen LogP contribution in [0.1, 0.15) is 55.7 Å². The van der Waals surface area contributed by atoms with Crippen molar-refractivity contribution in [3.63, 3.8) is 0 Å². The highest BCUT2D eigenvalue weighted by Gasteiger charge is 2.37. The van der Waals surface area contributed by atoms with E-state index in [-0.39, 0.29) is 17.5 Å². The molecule has 13 heteroatoms. The van der Waals surface area contributed by atoms with E-state index < -0.39 is 56.9 Å². The fourth-order valence-electron chi connectivity index (χ4n) is 5.33. The van der Waals surface area contributed by atoms with E-state index in [1.54, 1.807) is 50.2 Å². The summed E-state index contributed by atoms with van der Waals surface area (Å²) in [4.78, 5) is 28.6. The third kappa shape index (κ3) is 8.52. The van der Waals surface area contributed by atoms with Gasteiger partial charge in [0.15, 0.2) is 0 Å². The van der Waals surface area contributed by atoms with Crippen LogP contribution >= 0.6 is 11.6 Å². The number of rotatable bonds is 11. The first kappa shape index (κ1) is 35.1. The van der Waals surface area contributed by atoms with Crippen LogP contribution in [-0.2, 0) is 32.3 Å². The zero-order valence-electron chi connectivity index (χ0n) is 25.8. The van der Waals surface area contributed by atoms with E-state index in [0.29, 0.717) is 21.7 Å². The number of carbonyl (C=O) groups excluding carboxylic acids is 2. The van der Waals surface area contributed by atoms with Gasteiger partial charge in [0, 0.05) is 12.6 Å². The van der Waals surface area contributed by atoms with E-state index in [1.165, 1.54) is 24.1 Å². The van der Waals surface area contributed by atoms with Crippen molar-refractivity contribution in [2.45, 2.75) is 75.7 Å². The number of aryl methyl sites for hydroxylation is 1. The summed E-state index contributed by atoms with van der Waals surface area (Å²) in [6.45, 7) is 2.34. The second-order valence-corrected chi connectivity index (χ2v) is 13.6. The molecule has 1 fully saturated rings. The zero-order valence-corrected chi connectivity index (χ0v) is 27.4. The highest BCUT2D eigenvalue weighted by atomic mass is 35.5. The van der Waals surface area contributed by atoms with Crippen LogP contribution in [-0.4, -0.2) is 50.9 Å². The number of anilines is 1. The van der Waals surface area contributed by atoms with Crippen LogP contribution in [0.25, 0.3) is 0 Å². The minimum absolute atomic E-state index is 0.0464. The summed E-state index contributed by atoms with van der Waals surface area (Å²) in [5, 5.41) is 2.39. The Balaban J connectivity index is 1.74. The van der Waals surface area contributed by atoms with Crippen molar-refractivity contribution in [3.8, 4) is 5.75 Å². The van der Waals surface area contributed by atoms with Crippen molar-refractivity contribution in [2.75, 3.05) is 18.0 Å². The molecule has 1 aliphatic carbocycles. The van der Waals surface area contributed by atoms with Crippen molar-refractivity contribution in [2.24, 2.45) is 0 Å². The lowest BCUT2D eigenvalue weighted by Gasteiger charge is -2.33. The predicted molar refractivity (Wildman–Crippen MR) is 170 cm³/mol. The molecule has 248 valence electrons. The summed E-state index contributed by atoms with van der Waals surface area (Å²) >= 11 is 5.84. The minimum Gasteiger partial charge on any atom is -0.497 e. The number of hydrogen-bond acceptors (Lipinski definition) is 5. The van der Waals surface area contributed by atoms with Gasteiger partial charge in [-0.3, -0.25) is 13.9 Å². The molecule has 0 unspecified atom stereocenters. The average molecular weight is 680 g/mol. The topological polar surface area (TPSA) is 96.0 Å². The van der Waals surface area contributed by atoms with Gasteiger partial charge in [-0.25, -0.2) is 8.42 Å². The van der Waals surface area contributed by atoms with Crippen LogP contribution < -0.4 is 14.4 Å². The molecule has 0 spiro atoms. The standard InChI is InChI=1S/C33H37ClF3N3O5S/c1-22-9-16-28(17-10-22)46(43,44)40(26-13-18-30(34)29(19-26)33(35,36)37)21-31(41)39(20-24-11-14-27(45-3)15-12-24)23(2)32(42)38-25-7-5-4-6-8-25/h9-19,23,25H,4-8,20-21H2,1-3H3,(H,38,42)/t23-/m1/s1. The Kier molecular flexibility index (Phi) is 11.3. The lowest BCUT2D eigenvalue weighted by atomic mass is 9.95. The molecule has 0 heterocycles. The maximum absolute atomic E-state index is 14.1. The number of ether oxygens (including phenoxy) is 1. The lowest BCUT2D eigenvalue weighted by Crippen LogP contribution is -2.53. The SMILES string of the molecule is COc1ccc(CN(C(=O)CN(c2ccc(Cl)c(C(F)(F)F)c2)S(=O)(=O)c2ccc(C)cc2)[C@H](C)C(=O)NC2CCCCC2)cc1. The molecule has 4 rings (SSSR count). The second-order valence-electron chi connectivity index (χ2n) is 11.4. The molecule has 0 aliphatic heterocycles. The number of sulfonamides is 1. The normalized spacial score (nSPS) is 14.8. The van der Waals surface area contributed by atoms with Gasteiger partial charge in [-0.05, 0) is 74.7 Å². The number of alkyl halides is 3. The van der Waals surface area contributed by atoms with E-state index in [2.05, 4.69) is 5.32 Å². The molecular formula is C33H37ClF3N3O5S. The molecule has 8 nitrogen and oxygen atoms in total. The molecule has 3 aromatic carbocycles.